The summed E-state index contributed by atoms with van der Waals surface area (Å²) in [4.78, 5) is 34.8. The third-order valence-electron chi connectivity index (χ3n) is 5.39. The van der Waals surface area contributed by atoms with Crippen molar-refractivity contribution in [1.82, 2.24) is 5.16 Å². The average molecular weight is 409 g/mol. The molecular weight excluding hydrogens is 390 g/mol. The highest BCUT2D eigenvalue weighted by Crippen LogP contribution is 2.38. The molecule has 154 valence electrons. The maximum Gasteiger partial charge on any atom is 0.356 e. The van der Waals surface area contributed by atoms with Crippen molar-refractivity contribution in [3.8, 4) is 28.1 Å². The largest absolute Gasteiger partial charge is 0.478 e. The number of nitrogens with zero attached hydrogens (tertiary/aromatic N) is 1. The molecular formula is C22H19NO7. The van der Waals surface area contributed by atoms with E-state index in [1.807, 2.05) is 6.07 Å². The summed E-state index contributed by atoms with van der Waals surface area (Å²) < 4.78 is 10.3. The van der Waals surface area contributed by atoms with Crippen molar-refractivity contribution < 1.29 is 33.9 Å². The minimum Gasteiger partial charge on any atom is -0.478 e. The Bertz CT molecular complexity index is 1050. The van der Waals surface area contributed by atoms with E-state index in [4.69, 9.17) is 19.5 Å². The molecule has 8 nitrogen and oxygen atoms in total. The van der Waals surface area contributed by atoms with Crippen molar-refractivity contribution in [2.45, 2.75) is 31.8 Å². The molecule has 0 atom stereocenters. The number of Topliss-reactive ketones (excluding diaryl/α,β-unsaturated/α-hetero) is 1. The Hall–Kier alpha value is -3.68. The highest BCUT2D eigenvalue weighted by atomic mass is 16.5. The van der Waals surface area contributed by atoms with Crippen LogP contribution in [0.5, 0.6) is 5.75 Å². The van der Waals surface area contributed by atoms with Gasteiger partial charge in [0.15, 0.2) is 5.78 Å². The lowest BCUT2D eigenvalue weighted by Gasteiger charge is -2.12. The Morgan fingerprint density at radius 1 is 0.967 bits per heavy atom. The predicted molar refractivity (Wildman–Crippen MR) is 105 cm³/mol. The van der Waals surface area contributed by atoms with Gasteiger partial charge in [0.05, 0.1) is 0 Å². The van der Waals surface area contributed by atoms with Crippen LogP contribution in [-0.2, 0) is 9.59 Å². The van der Waals surface area contributed by atoms with E-state index >= 15 is 0 Å². The number of rotatable bonds is 7. The molecule has 1 fully saturated rings. The fourth-order valence-electron chi connectivity index (χ4n) is 3.87. The van der Waals surface area contributed by atoms with Gasteiger partial charge in [-0.05, 0) is 43.2 Å². The summed E-state index contributed by atoms with van der Waals surface area (Å²) in [7, 11) is 0. The van der Waals surface area contributed by atoms with Crippen LogP contribution >= 0.6 is 0 Å². The van der Waals surface area contributed by atoms with Gasteiger partial charge in [-0.3, -0.25) is 4.79 Å². The summed E-state index contributed by atoms with van der Waals surface area (Å²) >= 11 is 0. The number of hydrogen-bond donors (Lipinski definition) is 2. The van der Waals surface area contributed by atoms with Crippen molar-refractivity contribution in [2.24, 2.45) is 5.92 Å². The molecule has 1 heterocycles. The molecule has 1 saturated carbocycles. The standard InChI is InChI=1S/C22H19NO7/c24-19(13-3-1-2-4-13)16-10-9-15-17(16)11-29-23-18(15)12-5-7-14(8-6-12)30-20(21(25)26)22(27)28/h5-11,13,20H,1-4H2,(H,25,26)(H,27,28). The minimum atomic E-state index is -1.99. The molecule has 8 heteroatoms. The molecule has 1 aromatic carbocycles. The number of carbonyl (C=O) groups is 3. The first-order valence-electron chi connectivity index (χ1n) is 9.59. The van der Waals surface area contributed by atoms with Gasteiger partial charge < -0.3 is 19.5 Å². The van der Waals surface area contributed by atoms with Gasteiger partial charge >= 0.3 is 11.9 Å². The monoisotopic (exact) mass is 409 g/mol. The summed E-state index contributed by atoms with van der Waals surface area (Å²) in [5.41, 5.74) is 3.29. The van der Waals surface area contributed by atoms with Crippen LogP contribution in [0.2, 0.25) is 0 Å². The average Bonchev–Trinajstić information content (AvgIpc) is 3.41. The van der Waals surface area contributed by atoms with E-state index in [2.05, 4.69) is 5.16 Å². The number of benzene rings is 1. The molecule has 0 amide bonds. The number of ether oxygens (including phenoxy) is 1. The Morgan fingerprint density at radius 2 is 1.63 bits per heavy atom. The number of hydrogen-bond acceptors (Lipinski definition) is 6. The summed E-state index contributed by atoms with van der Waals surface area (Å²) in [6.07, 6.45) is 3.46. The summed E-state index contributed by atoms with van der Waals surface area (Å²) in [5, 5.41) is 21.9. The second-order valence-corrected chi connectivity index (χ2v) is 7.28. The zero-order valence-electron chi connectivity index (χ0n) is 15.9. The first-order valence-corrected chi connectivity index (χ1v) is 9.59. The maximum absolute atomic E-state index is 12.9. The molecule has 0 spiro atoms. The zero-order chi connectivity index (χ0) is 21.3. The van der Waals surface area contributed by atoms with Crippen LogP contribution in [0.1, 0.15) is 36.0 Å². The quantitative estimate of drug-likeness (QED) is 0.446. The van der Waals surface area contributed by atoms with Crippen molar-refractivity contribution in [3.05, 3.63) is 48.2 Å². The number of aromatic nitrogens is 1. The van der Waals surface area contributed by atoms with E-state index in [0.29, 0.717) is 22.4 Å². The van der Waals surface area contributed by atoms with E-state index in [-0.39, 0.29) is 17.5 Å². The highest BCUT2D eigenvalue weighted by molar-refractivity contribution is 6.06. The van der Waals surface area contributed by atoms with Gasteiger partial charge in [-0.15, -0.1) is 0 Å². The third kappa shape index (κ3) is 3.63. The van der Waals surface area contributed by atoms with Crippen molar-refractivity contribution >= 4 is 17.7 Å². The number of aliphatic carboxylic acids is 2. The lowest BCUT2D eigenvalue weighted by Crippen LogP contribution is -2.35. The van der Waals surface area contributed by atoms with Crippen LogP contribution < -0.4 is 4.74 Å². The number of ketones is 1. The van der Waals surface area contributed by atoms with E-state index in [9.17, 15) is 14.4 Å². The Balaban J connectivity index is 1.59. The van der Waals surface area contributed by atoms with Crippen LogP contribution in [0.15, 0.2) is 47.2 Å². The molecule has 0 unspecified atom stereocenters. The van der Waals surface area contributed by atoms with Gasteiger partial charge in [-0.2, -0.15) is 0 Å². The number of carboxylic acid groups (broad SMARTS) is 2. The fraction of sp³-hybridized carbons (Fsp3) is 0.273. The van der Waals surface area contributed by atoms with Crippen LogP contribution in [0.4, 0.5) is 0 Å². The first-order chi connectivity index (χ1) is 14.5. The van der Waals surface area contributed by atoms with E-state index in [1.165, 1.54) is 18.4 Å². The molecule has 30 heavy (non-hydrogen) atoms. The van der Waals surface area contributed by atoms with E-state index in [1.54, 1.807) is 18.2 Å². The van der Waals surface area contributed by atoms with Gasteiger partial charge in [-0.25, -0.2) is 9.59 Å². The van der Waals surface area contributed by atoms with Crippen molar-refractivity contribution in [3.63, 3.8) is 0 Å². The fourth-order valence-corrected chi connectivity index (χ4v) is 3.87. The van der Waals surface area contributed by atoms with Gasteiger partial charge in [0, 0.05) is 28.2 Å². The predicted octanol–water partition coefficient (Wildman–Crippen LogP) is 3.74. The van der Waals surface area contributed by atoms with E-state index < -0.39 is 18.0 Å². The summed E-state index contributed by atoms with van der Waals surface area (Å²) in [6, 6.07) is 9.81. The lowest BCUT2D eigenvalue weighted by molar-refractivity contribution is -0.159. The summed E-state index contributed by atoms with van der Waals surface area (Å²) in [6.45, 7) is 0. The SMILES string of the molecule is O=C(c1ccc2c(-c3ccc(OC(C(=O)O)C(=O)O)cc3)nocc1-2)C1CCCC1. The van der Waals surface area contributed by atoms with Crippen LogP contribution in [0.3, 0.4) is 0 Å². The maximum atomic E-state index is 12.9. The molecule has 0 saturated heterocycles. The highest BCUT2D eigenvalue weighted by Gasteiger charge is 2.29. The molecule has 0 bridgehead atoms. The zero-order valence-corrected chi connectivity index (χ0v) is 15.9. The smallest absolute Gasteiger partial charge is 0.356 e. The van der Waals surface area contributed by atoms with Gasteiger partial charge in [0.2, 0.25) is 0 Å². The number of fused-ring (bicyclic) bond motifs is 1. The van der Waals surface area contributed by atoms with Crippen LogP contribution in [-0.4, -0.2) is 39.2 Å². The molecule has 1 aliphatic heterocycles. The molecule has 0 aromatic heterocycles. The van der Waals surface area contributed by atoms with E-state index in [0.717, 1.165) is 31.2 Å². The first kappa shape index (κ1) is 19.6. The van der Waals surface area contributed by atoms with Gasteiger partial charge in [0.1, 0.15) is 17.7 Å². The van der Waals surface area contributed by atoms with Crippen molar-refractivity contribution in [2.75, 3.05) is 0 Å². The molecule has 1 aromatic rings. The number of carbonyl (C=O) groups excluding carboxylic acids is 1. The molecule has 3 aliphatic rings. The molecule has 2 N–H and O–H groups in total. The van der Waals surface area contributed by atoms with Gasteiger partial charge in [0.25, 0.3) is 6.10 Å². The lowest BCUT2D eigenvalue weighted by atomic mass is 9.94. The van der Waals surface area contributed by atoms with Crippen LogP contribution in [0, 0.1) is 5.92 Å². The number of carboxylic acids is 2. The Labute approximate surface area is 171 Å². The normalized spacial score (nSPS) is 14.3. The van der Waals surface area contributed by atoms with Crippen LogP contribution in [0.25, 0.3) is 22.4 Å². The molecule has 2 aliphatic carbocycles. The minimum absolute atomic E-state index is 0.0556. The Morgan fingerprint density at radius 3 is 2.27 bits per heavy atom. The second kappa shape index (κ2) is 7.98. The summed E-state index contributed by atoms with van der Waals surface area (Å²) in [5.74, 6) is -2.90. The van der Waals surface area contributed by atoms with Gasteiger partial charge in [-0.1, -0.05) is 24.1 Å². The molecule has 0 radical (unpaired) electrons. The third-order valence-corrected chi connectivity index (χ3v) is 5.39. The second-order valence-electron chi connectivity index (χ2n) is 7.28. The Kier molecular flexibility index (Phi) is 5.22. The topological polar surface area (TPSA) is 127 Å². The van der Waals surface area contributed by atoms with Crippen molar-refractivity contribution in [1.29, 1.82) is 0 Å². The molecule has 4 rings (SSSR count).